The number of hydrogen-bond acceptors (Lipinski definition) is 5. The van der Waals surface area contributed by atoms with Gasteiger partial charge in [-0.25, -0.2) is 0 Å². The summed E-state index contributed by atoms with van der Waals surface area (Å²) < 4.78 is 0. The van der Waals surface area contributed by atoms with Gasteiger partial charge in [0.25, 0.3) is 0 Å². The molecule has 1 aliphatic heterocycles. The summed E-state index contributed by atoms with van der Waals surface area (Å²) in [5.74, 6) is -0.282. The Labute approximate surface area is 186 Å². The number of nitrogens with zero attached hydrogens (tertiary/aromatic N) is 3. The molecule has 0 radical (unpaired) electrons. The number of carbonyl (C=O) groups excluding carboxylic acids is 2. The number of pyridine rings is 1. The van der Waals surface area contributed by atoms with Crippen molar-refractivity contribution in [2.75, 3.05) is 33.2 Å². The number of likely N-dealkylation sites (N-methyl/N-ethyl adjacent to an activating group) is 1. The van der Waals surface area contributed by atoms with Gasteiger partial charge in [-0.1, -0.05) is 19.9 Å². The third-order valence-electron chi connectivity index (χ3n) is 5.34. The molecule has 7 nitrogen and oxygen atoms in total. The van der Waals surface area contributed by atoms with Gasteiger partial charge in [0.1, 0.15) is 0 Å². The van der Waals surface area contributed by atoms with Crippen molar-refractivity contribution in [2.45, 2.75) is 45.2 Å². The van der Waals surface area contributed by atoms with E-state index in [0.29, 0.717) is 0 Å². The lowest BCUT2D eigenvalue weighted by atomic mass is 10.0. The van der Waals surface area contributed by atoms with Crippen molar-refractivity contribution in [1.29, 1.82) is 0 Å². The minimum absolute atomic E-state index is 0. The van der Waals surface area contributed by atoms with E-state index in [4.69, 9.17) is 5.73 Å². The summed E-state index contributed by atoms with van der Waals surface area (Å²) >= 11 is 0. The first kappa shape index (κ1) is 27.6. The summed E-state index contributed by atoms with van der Waals surface area (Å²) in [6.07, 6.45) is 4.67. The Balaban J connectivity index is 0.00000392. The zero-order valence-electron chi connectivity index (χ0n) is 17.5. The molecule has 1 aromatic rings. The maximum absolute atomic E-state index is 12.4. The van der Waals surface area contributed by atoms with Gasteiger partial charge in [-0.3, -0.25) is 14.6 Å². The minimum atomic E-state index is -0.578. The van der Waals surface area contributed by atoms with Crippen LogP contribution >= 0.6 is 24.8 Å². The summed E-state index contributed by atoms with van der Waals surface area (Å²) in [4.78, 5) is 32.8. The highest BCUT2D eigenvalue weighted by Gasteiger charge is 2.26. The Bertz CT molecular complexity index is 610. The maximum Gasteiger partial charge on any atom is 0.241 e. The standard InChI is InChI=1S/C20H33N5O2.2ClH/c1-15(2)19(21)20(27)23-14-18(26)24(3)17-8-12-25(13-9-17)11-7-16-6-4-5-10-22-16;;/h4-6,10,15,17,19H,7-9,11-14,21H2,1-3H3,(H,23,27);2*1H/t19-;;/m0../s1. The monoisotopic (exact) mass is 447 g/mol. The lowest BCUT2D eigenvalue weighted by Gasteiger charge is -2.36. The van der Waals surface area contributed by atoms with Crippen LogP contribution in [0.2, 0.25) is 0 Å². The molecule has 29 heavy (non-hydrogen) atoms. The molecule has 0 bridgehead atoms. The fraction of sp³-hybridized carbons (Fsp3) is 0.650. The van der Waals surface area contributed by atoms with Gasteiger partial charge in [-0.15, -0.1) is 24.8 Å². The number of halogens is 2. The van der Waals surface area contributed by atoms with E-state index >= 15 is 0 Å². The molecule has 1 saturated heterocycles. The number of likely N-dealkylation sites (tertiary alicyclic amines) is 1. The molecule has 166 valence electrons. The second-order valence-corrected chi connectivity index (χ2v) is 7.64. The molecule has 2 rings (SSSR count). The van der Waals surface area contributed by atoms with Crippen molar-refractivity contribution >= 4 is 36.6 Å². The molecule has 9 heteroatoms. The zero-order valence-corrected chi connectivity index (χ0v) is 19.2. The SMILES string of the molecule is CC(C)[C@H](N)C(=O)NCC(=O)N(C)C1CCN(CCc2ccccn2)CC1.Cl.Cl. The lowest BCUT2D eigenvalue weighted by molar-refractivity contribution is -0.134. The molecule has 3 N–H and O–H groups in total. The number of hydrogen-bond donors (Lipinski definition) is 2. The van der Waals surface area contributed by atoms with E-state index < -0.39 is 6.04 Å². The second kappa shape index (κ2) is 13.7. The van der Waals surface area contributed by atoms with E-state index in [2.05, 4.69) is 21.3 Å². The van der Waals surface area contributed by atoms with Crippen molar-refractivity contribution in [3.05, 3.63) is 30.1 Å². The molecule has 0 spiro atoms. The smallest absolute Gasteiger partial charge is 0.241 e. The minimum Gasteiger partial charge on any atom is -0.346 e. The lowest BCUT2D eigenvalue weighted by Crippen LogP contribution is -2.51. The highest BCUT2D eigenvalue weighted by atomic mass is 35.5. The van der Waals surface area contributed by atoms with Gasteiger partial charge in [0.2, 0.25) is 11.8 Å². The first-order chi connectivity index (χ1) is 12.9. The summed E-state index contributed by atoms with van der Waals surface area (Å²) in [6.45, 7) is 6.72. The fourth-order valence-corrected chi connectivity index (χ4v) is 3.26. The highest BCUT2D eigenvalue weighted by molar-refractivity contribution is 5.87. The third kappa shape index (κ3) is 8.86. The Kier molecular flexibility index (Phi) is 13.1. The number of carbonyl (C=O) groups is 2. The van der Waals surface area contributed by atoms with E-state index in [1.54, 1.807) is 4.90 Å². The topological polar surface area (TPSA) is 91.6 Å². The van der Waals surface area contributed by atoms with Crippen LogP contribution in [0.3, 0.4) is 0 Å². The number of piperidine rings is 1. The number of amides is 2. The molecule has 1 aromatic heterocycles. The van der Waals surface area contributed by atoms with E-state index in [0.717, 1.165) is 44.6 Å². The van der Waals surface area contributed by atoms with Crippen molar-refractivity contribution in [2.24, 2.45) is 11.7 Å². The van der Waals surface area contributed by atoms with Crippen LogP contribution in [0.15, 0.2) is 24.4 Å². The Morgan fingerprint density at radius 2 is 1.93 bits per heavy atom. The first-order valence-corrected chi connectivity index (χ1v) is 9.79. The Morgan fingerprint density at radius 1 is 1.28 bits per heavy atom. The average Bonchev–Trinajstić information content (AvgIpc) is 2.70. The van der Waals surface area contributed by atoms with Crippen molar-refractivity contribution in [1.82, 2.24) is 20.1 Å². The van der Waals surface area contributed by atoms with Crippen molar-refractivity contribution in [3.63, 3.8) is 0 Å². The van der Waals surface area contributed by atoms with E-state index in [1.807, 2.05) is 39.2 Å². The summed E-state index contributed by atoms with van der Waals surface area (Å²) in [7, 11) is 1.82. The molecule has 1 aliphatic rings. The fourth-order valence-electron chi connectivity index (χ4n) is 3.26. The van der Waals surface area contributed by atoms with Crippen LogP contribution in [-0.2, 0) is 16.0 Å². The van der Waals surface area contributed by atoms with E-state index in [-0.39, 0.29) is 55.1 Å². The third-order valence-corrected chi connectivity index (χ3v) is 5.34. The van der Waals surface area contributed by atoms with Crippen LogP contribution in [0.5, 0.6) is 0 Å². The average molecular weight is 448 g/mol. The molecule has 0 saturated carbocycles. The predicted octanol–water partition coefficient (Wildman–Crippen LogP) is 1.49. The van der Waals surface area contributed by atoms with Gasteiger partial charge in [-0.05, 0) is 30.9 Å². The Morgan fingerprint density at radius 3 is 2.48 bits per heavy atom. The van der Waals surface area contributed by atoms with Gasteiger partial charge in [-0.2, -0.15) is 0 Å². The molecular weight excluding hydrogens is 413 g/mol. The number of nitrogens with two attached hydrogens (primary N) is 1. The van der Waals surface area contributed by atoms with Crippen LogP contribution < -0.4 is 11.1 Å². The van der Waals surface area contributed by atoms with Crippen LogP contribution in [-0.4, -0.2) is 71.9 Å². The van der Waals surface area contributed by atoms with Gasteiger partial charge in [0.05, 0.1) is 12.6 Å². The molecule has 1 atom stereocenters. The predicted molar refractivity (Wildman–Crippen MR) is 120 cm³/mol. The number of nitrogens with one attached hydrogen (secondary N) is 1. The summed E-state index contributed by atoms with van der Waals surface area (Å²) in [5, 5.41) is 2.66. The van der Waals surface area contributed by atoms with Gasteiger partial charge in [0.15, 0.2) is 0 Å². The molecule has 2 heterocycles. The Hall–Kier alpha value is -1.41. The normalized spacial score (nSPS) is 15.8. The largest absolute Gasteiger partial charge is 0.346 e. The van der Waals surface area contributed by atoms with Crippen LogP contribution in [0.25, 0.3) is 0 Å². The van der Waals surface area contributed by atoms with Gasteiger partial charge in [0, 0.05) is 51.0 Å². The summed E-state index contributed by atoms with van der Waals surface area (Å²) in [6, 6.07) is 5.64. The van der Waals surface area contributed by atoms with Crippen molar-refractivity contribution in [3.8, 4) is 0 Å². The van der Waals surface area contributed by atoms with Gasteiger partial charge < -0.3 is 20.9 Å². The van der Waals surface area contributed by atoms with Crippen molar-refractivity contribution < 1.29 is 9.59 Å². The molecule has 0 unspecified atom stereocenters. The molecule has 2 amide bonds. The zero-order chi connectivity index (χ0) is 19.8. The van der Waals surface area contributed by atoms with Crippen LogP contribution in [0, 0.1) is 5.92 Å². The maximum atomic E-state index is 12.4. The van der Waals surface area contributed by atoms with Crippen LogP contribution in [0.1, 0.15) is 32.4 Å². The molecule has 0 aliphatic carbocycles. The van der Waals surface area contributed by atoms with Gasteiger partial charge >= 0.3 is 0 Å². The first-order valence-electron chi connectivity index (χ1n) is 9.79. The highest BCUT2D eigenvalue weighted by Crippen LogP contribution is 2.16. The van der Waals surface area contributed by atoms with Crippen LogP contribution in [0.4, 0.5) is 0 Å². The quantitative estimate of drug-likeness (QED) is 0.629. The van der Waals surface area contributed by atoms with E-state index in [1.165, 1.54) is 0 Å². The number of rotatable bonds is 8. The number of aromatic nitrogens is 1. The summed E-state index contributed by atoms with van der Waals surface area (Å²) in [5.41, 5.74) is 6.92. The molecule has 1 fully saturated rings. The molecule has 0 aromatic carbocycles. The second-order valence-electron chi connectivity index (χ2n) is 7.64. The molecular formula is C20H35Cl2N5O2. The van der Waals surface area contributed by atoms with E-state index in [9.17, 15) is 9.59 Å².